The fourth-order valence-electron chi connectivity index (χ4n) is 1.52. The van der Waals surface area contributed by atoms with Crippen molar-refractivity contribution < 1.29 is 5.11 Å². The molecule has 15 heavy (non-hydrogen) atoms. The Kier molecular flexibility index (Phi) is 5.81. The van der Waals surface area contributed by atoms with Gasteiger partial charge in [0.1, 0.15) is 0 Å². The first-order valence-corrected chi connectivity index (χ1v) is 6.78. The van der Waals surface area contributed by atoms with Gasteiger partial charge in [0.2, 0.25) is 0 Å². The molecule has 0 aliphatic carbocycles. The average Bonchev–Trinajstić information content (AvgIpc) is 2.27. The van der Waals surface area contributed by atoms with Gasteiger partial charge in [-0.2, -0.15) is 11.8 Å². The second kappa shape index (κ2) is 6.91. The third kappa shape index (κ3) is 4.27. The molecule has 0 aromatic heterocycles. The fraction of sp³-hybridized carbons (Fsp3) is 0.538. The number of thioether (sulfide) groups is 1. The number of hydrogen-bond donors (Lipinski definition) is 1. The molecule has 1 unspecified atom stereocenters. The summed E-state index contributed by atoms with van der Waals surface area (Å²) in [5.41, 5.74) is 2.40. The Bertz CT molecular complexity index is 268. The summed E-state index contributed by atoms with van der Waals surface area (Å²) in [6.45, 7) is 4.29. The highest BCUT2D eigenvalue weighted by molar-refractivity contribution is 7.99. The van der Waals surface area contributed by atoms with Crippen LogP contribution in [0.4, 0.5) is 0 Å². The van der Waals surface area contributed by atoms with Gasteiger partial charge in [0.05, 0.1) is 6.10 Å². The summed E-state index contributed by atoms with van der Waals surface area (Å²) < 4.78 is 0. The molecule has 1 nitrogen and oxygen atoms in total. The monoisotopic (exact) mass is 224 g/mol. The summed E-state index contributed by atoms with van der Waals surface area (Å²) in [5, 5.41) is 9.85. The van der Waals surface area contributed by atoms with Crippen molar-refractivity contribution in [3.8, 4) is 0 Å². The molecular weight excluding hydrogens is 204 g/mol. The Morgan fingerprint density at radius 3 is 2.40 bits per heavy atom. The normalized spacial score (nSPS) is 12.7. The van der Waals surface area contributed by atoms with Gasteiger partial charge in [-0.3, -0.25) is 0 Å². The van der Waals surface area contributed by atoms with E-state index in [0.717, 1.165) is 23.5 Å². The van der Waals surface area contributed by atoms with Gasteiger partial charge in [-0.25, -0.2) is 0 Å². The molecule has 1 rings (SSSR count). The molecule has 1 N–H and O–H groups in total. The first-order valence-electron chi connectivity index (χ1n) is 5.62. The Labute approximate surface area is 96.9 Å². The van der Waals surface area contributed by atoms with E-state index in [1.165, 1.54) is 12.0 Å². The predicted octanol–water partition coefficient (Wildman–Crippen LogP) is 3.43. The number of benzene rings is 1. The van der Waals surface area contributed by atoms with Crippen molar-refractivity contribution in [2.45, 2.75) is 32.8 Å². The first kappa shape index (κ1) is 12.6. The van der Waals surface area contributed by atoms with Crippen LogP contribution >= 0.6 is 11.8 Å². The van der Waals surface area contributed by atoms with Crippen molar-refractivity contribution in [1.82, 2.24) is 0 Å². The molecule has 0 heterocycles. The third-order valence-electron chi connectivity index (χ3n) is 2.38. The van der Waals surface area contributed by atoms with Gasteiger partial charge in [-0.15, -0.1) is 0 Å². The summed E-state index contributed by atoms with van der Waals surface area (Å²) in [7, 11) is 0. The predicted molar refractivity (Wildman–Crippen MR) is 68.4 cm³/mol. The van der Waals surface area contributed by atoms with Crippen LogP contribution in [-0.2, 0) is 6.42 Å². The van der Waals surface area contributed by atoms with Crippen LogP contribution in [0.15, 0.2) is 24.3 Å². The lowest BCUT2D eigenvalue weighted by atomic mass is 10.1. The Morgan fingerprint density at radius 2 is 1.87 bits per heavy atom. The summed E-state index contributed by atoms with van der Waals surface area (Å²) in [6, 6.07) is 8.34. The van der Waals surface area contributed by atoms with Crippen molar-refractivity contribution in [3.05, 3.63) is 35.4 Å². The molecule has 0 spiro atoms. The molecule has 0 saturated carbocycles. The Balaban J connectivity index is 2.54. The van der Waals surface area contributed by atoms with Gasteiger partial charge in [-0.05, 0) is 23.3 Å². The zero-order valence-electron chi connectivity index (χ0n) is 9.57. The molecule has 1 atom stereocenters. The smallest absolute Gasteiger partial charge is 0.0880 e. The van der Waals surface area contributed by atoms with E-state index in [0.29, 0.717) is 0 Å². The van der Waals surface area contributed by atoms with Crippen LogP contribution in [0.25, 0.3) is 0 Å². The minimum Gasteiger partial charge on any atom is -0.388 e. The highest BCUT2D eigenvalue weighted by Gasteiger charge is 2.06. The lowest BCUT2D eigenvalue weighted by molar-refractivity contribution is 0.204. The number of aliphatic hydroxyl groups is 1. The maximum Gasteiger partial charge on any atom is 0.0880 e. The van der Waals surface area contributed by atoms with E-state index < -0.39 is 0 Å². The maximum absolute atomic E-state index is 9.85. The van der Waals surface area contributed by atoms with Crippen molar-refractivity contribution >= 4 is 11.8 Å². The van der Waals surface area contributed by atoms with E-state index in [1.807, 2.05) is 12.1 Å². The summed E-state index contributed by atoms with van der Waals surface area (Å²) in [6.07, 6.45) is 1.99. The van der Waals surface area contributed by atoms with Crippen LogP contribution < -0.4 is 0 Å². The van der Waals surface area contributed by atoms with Gasteiger partial charge in [0.25, 0.3) is 0 Å². The van der Waals surface area contributed by atoms with Crippen LogP contribution in [0, 0.1) is 0 Å². The van der Waals surface area contributed by atoms with E-state index in [4.69, 9.17) is 0 Å². The topological polar surface area (TPSA) is 20.2 Å². The lowest BCUT2D eigenvalue weighted by Gasteiger charge is -2.10. The van der Waals surface area contributed by atoms with Crippen molar-refractivity contribution in [2.75, 3.05) is 11.5 Å². The molecule has 84 valence electrons. The highest BCUT2D eigenvalue weighted by atomic mass is 32.2. The summed E-state index contributed by atoms with van der Waals surface area (Å²) in [4.78, 5) is 0. The van der Waals surface area contributed by atoms with Crippen LogP contribution in [0.2, 0.25) is 0 Å². The third-order valence-corrected chi connectivity index (χ3v) is 3.34. The lowest BCUT2D eigenvalue weighted by Crippen LogP contribution is -2.00. The summed E-state index contributed by atoms with van der Waals surface area (Å²) in [5.74, 6) is 1.86. The van der Waals surface area contributed by atoms with Crippen LogP contribution in [0.3, 0.4) is 0 Å². The van der Waals surface area contributed by atoms with E-state index in [9.17, 15) is 5.11 Å². The van der Waals surface area contributed by atoms with E-state index in [2.05, 4.69) is 26.0 Å². The minimum absolute atomic E-state index is 0.314. The molecular formula is C13H20OS. The van der Waals surface area contributed by atoms with Gasteiger partial charge in [0.15, 0.2) is 0 Å². The molecule has 0 saturated heterocycles. The van der Waals surface area contributed by atoms with Crippen molar-refractivity contribution in [1.29, 1.82) is 0 Å². The molecule has 0 radical (unpaired) electrons. The van der Waals surface area contributed by atoms with Crippen LogP contribution in [0.1, 0.15) is 37.5 Å². The number of aryl methyl sites for hydroxylation is 1. The molecule has 0 fully saturated rings. The second-order valence-corrected chi connectivity index (χ2v) is 4.99. The van der Waals surface area contributed by atoms with Gasteiger partial charge in [-0.1, -0.05) is 44.5 Å². The van der Waals surface area contributed by atoms with Gasteiger partial charge in [0, 0.05) is 5.75 Å². The van der Waals surface area contributed by atoms with Crippen LogP contribution in [-0.4, -0.2) is 16.6 Å². The van der Waals surface area contributed by atoms with Crippen molar-refractivity contribution in [3.63, 3.8) is 0 Å². The molecule has 0 bridgehead atoms. The van der Waals surface area contributed by atoms with Crippen molar-refractivity contribution in [2.24, 2.45) is 0 Å². The minimum atomic E-state index is -0.314. The zero-order valence-corrected chi connectivity index (χ0v) is 10.4. The highest BCUT2D eigenvalue weighted by Crippen LogP contribution is 2.18. The average molecular weight is 224 g/mol. The number of hydrogen-bond acceptors (Lipinski definition) is 2. The molecule has 0 aliphatic rings. The second-order valence-electron chi connectivity index (χ2n) is 3.67. The largest absolute Gasteiger partial charge is 0.388 e. The Morgan fingerprint density at radius 1 is 1.20 bits per heavy atom. The standard InChI is InChI=1S/C13H20OS/c1-3-5-11-6-8-12(9-7-11)13(14)10-15-4-2/h6-9,13-14H,3-5,10H2,1-2H3. The van der Waals surface area contributed by atoms with Gasteiger partial charge >= 0.3 is 0 Å². The first-order chi connectivity index (χ1) is 7.27. The SMILES string of the molecule is CCCc1ccc(C(O)CSCC)cc1. The number of aliphatic hydroxyl groups excluding tert-OH is 1. The van der Waals surface area contributed by atoms with Gasteiger partial charge < -0.3 is 5.11 Å². The molecule has 1 aromatic carbocycles. The Hall–Kier alpha value is -0.470. The fourth-order valence-corrected chi connectivity index (χ4v) is 2.17. The molecule has 2 heteroatoms. The van der Waals surface area contributed by atoms with Crippen LogP contribution in [0.5, 0.6) is 0 Å². The number of rotatable bonds is 6. The van der Waals surface area contributed by atoms with E-state index >= 15 is 0 Å². The molecule has 0 aliphatic heterocycles. The molecule has 0 amide bonds. The van der Waals surface area contributed by atoms with E-state index in [1.54, 1.807) is 11.8 Å². The van der Waals surface area contributed by atoms with E-state index in [-0.39, 0.29) is 6.10 Å². The zero-order chi connectivity index (χ0) is 11.1. The summed E-state index contributed by atoms with van der Waals surface area (Å²) >= 11 is 1.78. The maximum atomic E-state index is 9.85. The molecule has 1 aromatic rings. The quantitative estimate of drug-likeness (QED) is 0.799.